The van der Waals surface area contributed by atoms with Crippen molar-refractivity contribution in [3.05, 3.63) is 65.6 Å². The molecule has 4 rings (SSSR count). The Labute approximate surface area is 181 Å². The lowest BCUT2D eigenvalue weighted by Crippen LogP contribution is -2.24. The van der Waals surface area contributed by atoms with Gasteiger partial charge in [0.05, 0.1) is 10.8 Å². The van der Waals surface area contributed by atoms with Crippen LogP contribution in [0.2, 0.25) is 0 Å². The average molecular weight is 462 g/mol. The summed E-state index contributed by atoms with van der Waals surface area (Å²) in [4.78, 5) is 26.2. The molecule has 3 aromatic rings. The predicted molar refractivity (Wildman–Crippen MR) is 108 cm³/mol. The number of sulfone groups is 1. The molecule has 1 aliphatic heterocycles. The van der Waals surface area contributed by atoms with E-state index in [-0.39, 0.29) is 35.7 Å². The summed E-state index contributed by atoms with van der Waals surface area (Å²) in [7, 11) is -3.36. The van der Waals surface area contributed by atoms with Gasteiger partial charge in [0.1, 0.15) is 17.2 Å². The largest absolute Gasteiger partial charge is 0.407 e. The summed E-state index contributed by atoms with van der Waals surface area (Å²) in [6.07, 6.45) is 1.14. The van der Waals surface area contributed by atoms with Crippen LogP contribution in [-0.2, 0) is 14.6 Å². The van der Waals surface area contributed by atoms with Gasteiger partial charge in [-0.1, -0.05) is 11.2 Å². The lowest BCUT2D eigenvalue weighted by molar-refractivity contribution is -0.117. The normalized spacial score (nSPS) is 16.4. The van der Waals surface area contributed by atoms with Gasteiger partial charge in [-0.05, 0) is 36.4 Å². The number of nitrogens with zero attached hydrogens (tertiary/aromatic N) is 3. The Bertz CT molecular complexity index is 1290. The highest BCUT2D eigenvalue weighted by atomic mass is 32.2. The molecule has 2 heterocycles. The van der Waals surface area contributed by atoms with E-state index in [2.05, 4.69) is 15.5 Å². The molecule has 1 N–H and O–H groups in total. The van der Waals surface area contributed by atoms with Gasteiger partial charge < -0.3 is 9.32 Å². The van der Waals surface area contributed by atoms with Crippen LogP contribution in [0.25, 0.3) is 0 Å². The molecule has 0 aliphatic carbocycles. The minimum atomic E-state index is -3.36. The fourth-order valence-electron chi connectivity index (χ4n) is 3.32. The van der Waals surface area contributed by atoms with E-state index in [9.17, 15) is 26.8 Å². The maximum Gasteiger partial charge on any atom is 0.322 e. The first-order chi connectivity index (χ1) is 15.1. The second-order valence-corrected chi connectivity index (χ2v) is 9.18. The van der Waals surface area contributed by atoms with E-state index in [1.807, 2.05) is 0 Å². The molecule has 2 amide bonds. The molecule has 0 bridgehead atoms. The SMILES string of the molecule is CS(=O)(=O)c1ccc(N2C[C@@H](c3nnc(NC(=O)c4c(F)cccc4F)o3)CC2=O)cc1. The molecule has 1 aromatic heterocycles. The van der Waals surface area contributed by atoms with Crippen molar-refractivity contribution < 1.29 is 31.2 Å². The molecule has 166 valence electrons. The molecule has 1 fully saturated rings. The molecule has 2 aromatic carbocycles. The Morgan fingerprint density at radius 2 is 1.78 bits per heavy atom. The van der Waals surface area contributed by atoms with Crippen molar-refractivity contribution in [3.8, 4) is 0 Å². The topological polar surface area (TPSA) is 122 Å². The Morgan fingerprint density at radius 1 is 1.12 bits per heavy atom. The number of amides is 2. The van der Waals surface area contributed by atoms with E-state index in [1.54, 1.807) is 0 Å². The van der Waals surface area contributed by atoms with Crippen molar-refractivity contribution in [2.24, 2.45) is 0 Å². The molecule has 1 aliphatic rings. The molecule has 32 heavy (non-hydrogen) atoms. The van der Waals surface area contributed by atoms with Gasteiger partial charge in [-0.3, -0.25) is 14.9 Å². The Balaban J connectivity index is 1.47. The number of anilines is 2. The molecule has 9 nitrogen and oxygen atoms in total. The monoisotopic (exact) mass is 462 g/mol. The standard InChI is InChI=1S/C20H16F2N4O5S/c1-32(29,30)13-7-5-12(6-8-13)26-10-11(9-16(26)27)19-24-25-20(31-19)23-18(28)17-14(21)3-2-4-15(17)22/h2-8,11H,9-10H2,1H3,(H,23,25,28)/t11-/m0/s1. The minimum absolute atomic E-state index is 0.0470. The number of halogens is 2. The number of hydrogen-bond acceptors (Lipinski definition) is 7. The van der Waals surface area contributed by atoms with Crippen LogP contribution in [0.1, 0.15) is 28.6 Å². The van der Waals surface area contributed by atoms with Crippen molar-refractivity contribution in [2.75, 3.05) is 23.0 Å². The zero-order valence-corrected chi connectivity index (χ0v) is 17.4. The molecular weight excluding hydrogens is 446 g/mol. The van der Waals surface area contributed by atoms with Gasteiger partial charge in [-0.15, -0.1) is 5.10 Å². The Kier molecular flexibility index (Phi) is 5.46. The third kappa shape index (κ3) is 4.21. The summed E-state index contributed by atoms with van der Waals surface area (Å²) in [6, 6.07) is 8.52. The van der Waals surface area contributed by atoms with Gasteiger partial charge in [-0.2, -0.15) is 0 Å². The molecule has 1 saturated heterocycles. The number of benzene rings is 2. The number of carbonyl (C=O) groups excluding carboxylic acids is 2. The number of nitrogens with one attached hydrogen (secondary N) is 1. The molecular formula is C20H16F2N4O5S. The lowest BCUT2D eigenvalue weighted by Gasteiger charge is -2.16. The first kappa shape index (κ1) is 21.6. The van der Waals surface area contributed by atoms with Crippen molar-refractivity contribution >= 4 is 33.4 Å². The number of carbonyl (C=O) groups is 2. The fraction of sp³-hybridized carbons (Fsp3) is 0.200. The van der Waals surface area contributed by atoms with Gasteiger partial charge in [0, 0.05) is 24.9 Å². The molecule has 0 saturated carbocycles. The van der Waals surface area contributed by atoms with Crippen LogP contribution < -0.4 is 10.2 Å². The van der Waals surface area contributed by atoms with Gasteiger partial charge in [0.25, 0.3) is 5.91 Å². The highest BCUT2D eigenvalue weighted by molar-refractivity contribution is 7.90. The van der Waals surface area contributed by atoms with Crippen LogP contribution in [0.15, 0.2) is 51.8 Å². The second-order valence-electron chi connectivity index (χ2n) is 7.17. The summed E-state index contributed by atoms with van der Waals surface area (Å²) in [6.45, 7) is 0.189. The quantitative estimate of drug-likeness (QED) is 0.618. The predicted octanol–water partition coefficient (Wildman–Crippen LogP) is 2.52. The third-order valence-electron chi connectivity index (χ3n) is 4.90. The van der Waals surface area contributed by atoms with E-state index in [0.717, 1.165) is 24.5 Å². The highest BCUT2D eigenvalue weighted by Crippen LogP contribution is 2.32. The zero-order valence-electron chi connectivity index (χ0n) is 16.6. The summed E-state index contributed by atoms with van der Waals surface area (Å²) < 4.78 is 56.1. The lowest BCUT2D eigenvalue weighted by atomic mass is 10.1. The average Bonchev–Trinajstić information content (AvgIpc) is 3.34. The summed E-state index contributed by atoms with van der Waals surface area (Å²) in [5.74, 6) is -3.83. The Morgan fingerprint density at radius 3 is 2.41 bits per heavy atom. The van der Waals surface area contributed by atoms with Gasteiger partial charge in [-0.25, -0.2) is 17.2 Å². The number of hydrogen-bond donors (Lipinski definition) is 1. The van der Waals surface area contributed by atoms with Crippen LogP contribution in [0, 0.1) is 11.6 Å². The maximum atomic E-state index is 13.7. The van der Waals surface area contributed by atoms with Gasteiger partial charge in [0.15, 0.2) is 9.84 Å². The second kappa shape index (κ2) is 8.11. The molecule has 12 heteroatoms. The van der Waals surface area contributed by atoms with E-state index in [4.69, 9.17) is 4.42 Å². The van der Waals surface area contributed by atoms with Crippen LogP contribution in [-0.4, -0.2) is 43.2 Å². The van der Waals surface area contributed by atoms with E-state index in [1.165, 1.54) is 29.2 Å². The van der Waals surface area contributed by atoms with Crippen LogP contribution in [0.3, 0.4) is 0 Å². The van der Waals surface area contributed by atoms with Crippen molar-refractivity contribution in [3.63, 3.8) is 0 Å². The summed E-state index contributed by atoms with van der Waals surface area (Å²) in [5, 5.41) is 9.62. The fourth-order valence-corrected chi connectivity index (χ4v) is 3.95. The summed E-state index contributed by atoms with van der Waals surface area (Å²) in [5.41, 5.74) is -0.278. The molecule has 1 atom stereocenters. The minimum Gasteiger partial charge on any atom is -0.407 e. The van der Waals surface area contributed by atoms with E-state index in [0.29, 0.717) is 5.69 Å². The third-order valence-corrected chi connectivity index (χ3v) is 6.03. The Hall–Kier alpha value is -3.67. The van der Waals surface area contributed by atoms with Gasteiger partial charge >= 0.3 is 6.01 Å². The van der Waals surface area contributed by atoms with E-state index >= 15 is 0 Å². The van der Waals surface area contributed by atoms with Crippen molar-refractivity contribution in [1.82, 2.24) is 10.2 Å². The molecule has 0 radical (unpaired) electrons. The number of rotatable bonds is 5. The maximum absolute atomic E-state index is 13.7. The molecule has 0 spiro atoms. The van der Waals surface area contributed by atoms with Crippen molar-refractivity contribution in [2.45, 2.75) is 17.2 Å². The van der Waals surface area contributed by atoms with E-state index < -0.39 is 38.9 Å². The smallest absolute Gasteiger partial charge is 0.322 e. The van der Waals surface area contributed by atoms with Gasteiger partial charge in [0.2, 0.25) is 11.8 Å². The number of aromatic nitrogens is 2. The van der Waals surface area contributed by atoms with Crippen LogP contribution in [0.4, 0.5) is 20.5 Å². The first-order valence-corrected chi connectivity index (χ1v) is 11.2. The highest BCUT2D eigenvalue weighted by Gasteiger charge is 2.35. The molecule has 0 unspecified atom stereocenters. The van der Waals surface area contributed by atoms with Crippen LogP contribution in [0.5, 0.6) is 0 Å². The van der Waals surface area contributed by atoms with Crippen molar-refractivity contribution in [1.29, 1.82) is 0 Å². The zero-order chi connectivity index (χ0) is 23.0. The summed E-state index contributed by atoms with van der Waals surface area (Å²) >= 11 is 0. The first-order valence-electron chi connectivity index (χ1n) is 9.32. The van der Waals surface area contributed by atoms with Crippen LogP contribution >= 0.6 is 0 Å².